The SMILES string of the molecule is CCOC(=O)C(C)(CC(C)N(C)CCOC)NC. The molecule has 0 aliphatic rings. The molecule has 0 radical (unpaired) electrons. The van der Waals surface area contributed by atoms with E-state index in [-0.39, 0.29) is 12.0 Å². The first-order valence-corrected chi connectivity index (χ1v) is 6.46. The molecule has 108 valence electrons. The molecule has 0 aromatic rings. The Kier molecular flexibility index (Phi) is 8.15. The van der Waals surface area contributed by atoms with Gasteiger partial charge in [-0.05, 0) is 41.3 Å². The smallest absolute Gasteiger partial charge is 0.326 e. The maximum absolute atomic E-state index is 11.9. The molecule has 1 N–H and O–H groups in total. The highest BCUT2D eigenvalue weighted by Gasteiger charge is 2.35. The molecular formula is C13H28N2O3. The molecule has 0 heterocycles. The Bertz CT molecular complexity index is 248. The maximum atomic E-state index is 11.9. The van der Waals surface area contributed by atoms with Crippen LogP contribution in [-0.2, 0) is 14.3 Å². The summed E-state index contributed by atoms with van der Waals surface area (Å²) < 4.78 is 10.2. The molecule has 0 saturated carbocycles. The lowest BCUT2D eigenvalue weighted by Gasteiger charge is -2.33. The second-order valence-corrected chi connectivity index (χ2v) is 4.83. The largest absolute Gasteiger partial charge is 0.465 e. The lowest BCUT2D eigenvalue weighted by Crippen LogP contribution is -2.52. The lowest BCUT2D eigenvalue weighted by atomic mass is 9.93. The van der Waals surface area contributed by atoms with E-state index in [0.717, 1.165) is 6.54 Å². The second-order valence-electron chi connectivity index (χ2n) is 4.83. The summed E-state index contributed by atoms with van der Waals surface area (Å²) in [4.78, 5) is 14.1. The molecule has 0 aliphatic carbocycles. The standard InChI is InChI=1S/C13H28N2O3/c1-7-18-12(16)13(3,14-4)10-11(2)15(5)8-9-17-6/h11,14H,7-10H2,1-6H3. The van der Waals surface area contributed by atoms with Crippen molar-refractivity contribution < 1.29 is 14.3 Å². The highest BCUT2D eigenvalue weighted by molar-refractivity contribution is 5.80. The van der Waals surface area contributed by atoms with Crippen LogP contribution in [0.15, 0.2) is 0 Å². The minimum atomic E-state index is -0.642. The third-order valence-electron chi connectivity index (χ3n) is 3.38. The predicted molar refractivity (Wildman–Crippen MR) is 72.7 cm³/mol. The zero-order valence-electron chi connectivity index (χ0n) is 12.6. The molecule has 0 spiro atoms. The number of carbonyl (C=O) groups is 1. The molecule has 0 amide bonds. The van der Waals surface area contributed by atoms with Crippen LogP contribution in [0.3, 0.4) is 0 Å². The average molecular weight is 260 g/mol. The van der Waals surface area contributed by atoms with Crippen molar-refractivity contribution in [2.24, 2.45) is 0 Å². The number of rotatable bonds is 9. The van der Waals surface area contributed by atoms with Gasteiger partial charge in [0.15, 0.2) is 0 Å². The fraction of sp³-hybridized carbons (Fsp3) is 0.923. The van der Waals surface area contributed by atoms with Gasteiger partial charge in [0, 0.05) is 19.7 Å². The minimum absolute atomic E-state index is 0.195. The molecule has 0 bridgehead atoms. The third kappa shape index (κ3) is 5.33. The number of likely N-dealkylation sites (N-methyl/N-ethyl adjacent to an activating group) is 2. The molecule has 0 aromatic carbocycles. The highest BCUT2D eigenvalue weighted by atomic mass is 16.5. The molecule has 0 rings (SSSR count). The van der Waals surface area contributed by atoms with Gasteiger partial charge < -0.3 is 19.7 Å². The van der Waals surface area contributed by atoms with E-state index in [2.05, 4.69) is 17.1 Å². The van der Waals surface area contributed by atoms with Crippen LogP contribution in [0.1, 0.15) is 27.2 Å². The van der Waals surface area contributed by atoms with E-state index in [9.17, 15) is 4.79 Å². The van der Waals surface area contributed by atoms with Gasteiger partial charge in [-0.3, -0.25) is 4.79 Å². The van der Waals surface area contributed by atoms with E-state index in [0.29, 0.717) is 19.6 Å². The zero-order chi connectivity index (χ0) is 14.2. The van der Waals surface area contributed by atoms with Crippen molar-refractivity contribution in [3.05, 3.63) is 0 Å². The summed E-state index contributed by atoms with van der Waals surface area (Å²) in [6.07, 6.45) is 0.697. The van der Waals surface area contributed by atoms with Crippen LogP contribution in [0, 0.1) is 0 Å². The van der Waals surface area contributed by atoms with Crippen molar-refractivity contribution in [1.29, 1.82) is 0 Å². The fourth-order valence-electron chi connectivity index (χ4n) is 1.78. The van der Waals surface area contributed by atoms with E-state index < -0.39 is 5.54 Å². The Morgan fingerprint density at radius 1 is 1.50 bits per heavy atom. The molecule has 0 fully saturated rings. The van der Waals surface area contributed by atoms with Gasteiger partial charge in [0.05, 0.1) is 13.2 Å². The Labute approximate surface area is 111 Å². The van der Waals surface area contributed by atoms with E-state index >= 15 is 0 Å². The Morgan fingerprint density at radius 3 is 2.56 bits per heavy atom. The molecular weight excluding hydrogens is 232 g/mol. The quantitative estimate of drug-likeness (QED) is 0.624. The van der Waals surface area contributed by atoms with Crippen LogP contribution in [0.2, 0.25) is 0 Å². The molecule has 5 heteroatoms. The van der Waals surface area contributed by atoms with Gasteiger partial charge in [-0.1, -0.05) is 0 Å². The van der Waals surface area contributed by atoms with Gasteiger partial charge in [0.2, 0.25) is 0 Å². The molecule has 18 heavy (non-hydrogen) atoms. The Hall–Kier alpha value is -0.650. The number of carbonyl (C=O) groups excluding carboxylic acids is 1. The van der Waals surface area contributed by atoms with Crippen LogP contribution < -0.4 is 5.32 Å². The number of hydrogen-bond acceptors (Lipinski definition) is 5. The molecule has 2 atom stereocenters. The summed E-state index contributed by atoms with van der Waals surface area (Å²) in [5.74, 6) is -0.195. The number of ether oxygens (including phenoxy) is 2. The number of nitrogens with zero attached hydrogens (tertiary/aromatic N) is 1. The molecule has 0 aliphatic heterocycles. The third-order valence-corrected chi connectivity index (χ3v) is 3.38. The summed E-state index contributed by atoms with van der Waals surface area (Å²) in [6.45, 7) is 7.75. The predicted octanol–water partition coefficient (Wildman–Crippen LogP) is 0.884. The first kappa shape index (κ1) is 17.4. The summed E-state index contributed by atoms with van der Waals surface area (Å²) in [5.41, 5.74) is -0.642. The van der Waals surface area contributed by atoms with Crippen molar-refractivity contribution >= 4 is 5.97 Å². The van der Waals surface area contributed by atoms with Gasteiger partial charge in [0.25, 0.3) is 0 Å². The summed E-state index contributed by atoms with van der Waals surface area (Å²) in [6, 6.07) is 0.266. The van der Waals surface area contributed by atoms with Crippen molar-refractivity contribution in [2.45, 2.75) is 38.8 Å². The van der Waals surface area contributed by atoms with Gasteiger partial charge in [-0.25, -0.2) is 0 Å². The number of hydrogen-bond donors (Lipinski definition) is 1. The van der Waals surface area contributed by atoms with Gasteiger partial charge in [-0.2, -0.15) is 0 Å². The normalized spacial score (nSPS) is 16.4. The monoisotopic (exact) mass is 260 g/mol. The van der Waals surface area contributed by atoms with Gasteiger partial charge >= 0.3 is 5.97 Å². The van der Waals surface area contributed by atoms with Crippen LogP contribution in [0.25, 0.3) is 0 Å². The average Bonchev–Trinajstić information content (AvgIpc) is 2.35. The van der Waals surface area contributed by atoms with Crippen molar-refractivity contribution in [1.82, 2.24) is 10.2 Å². The summed E-state index contributed by atoms with van der Waals surface area (Å²) in [5, 5.41) is 3.07. The van der Waals surface area contributed by atoms with Crippen molar-refractivity contribution in [2.75, 3.05) is 41.0 Å². The van der Waals surface area contributed by atoms with Crippen molar-refractivity contribution in [3.8, 4) is 0 Å². The van der Waals surface area contributed by atoms with E-state index in [1.54, 1.807) is 14.2 Å². The van der Waals surface area contributed by atoms with Crippen LogP contribution in [-0.4, -0.2) is 63.4 Å². The van der Waals surface area contributed by atoms with Crippen LogP contribution in [0.4, 0.5) is 0 Å². The number of methoxy groups -OCH3 is 1. The van der Waals surface area contributed by atoms with E-state index in [4.69, 9.17) is 9.47 Å². The minimum Gasteiger partial charge on any atom is -0.465 e. The summed E-state index contributed by atoms with van der Waals surface area (Å²) in [7, 11) is 5.51. The number of nitrogens with one attached hydrogen (secondary N) is 1. The van der Waals surface area contributed by atoms with Gasteiger partial charge in [-0.15, -0.1) is 0 Å². The number of esters is 1. The maximum Gasteiger partial charge on any atom is 0.326 e. The topological polar surface area (TPSA) is 50.8 Å². The fourth-order valence-corrected chi connectivity index (χ4v) is 1.78. The van der Waals surface area contributed by atoms with Gasteiger partial charge in [0.1, 0.15) is 5.54 Å². The van der Waals surface area contributed by atoms with Crippen LogP contribution in [0.5, 0.6) is 0 Å². The zero-order valence-corrected chi connectivity index (χ0v) is 12.6. The summed E-state index contributed by atoms with van der Waals surface area (Å²) >= 11 is 0. The first-order chi connectivity index (χ1) is 8.41. The van der Waals surface area contributed by atoms with E-state index in [1.807, 2.05) is 20.9 Å². The lowest BCUT2D eigenvalue weighted by molar-refractivity contribution is -0.151. The molecule has 0 aromatic heterocycles. The van der Waals surface area contributed by atoms with Crippen molar-refractivity contribution in [3.63, 3.8) is 0 Å². The first-order valence-electron chi connectivity index (χ1n) is 6.46. The Morgan fingerprint density at radius 2 is 2.11 bits per heavy atom. The molecule has 0 saturated heterocycles. The van der Waals surface area contributed by atoms with E-state index in [1.165, 1.54) is 0 Å². The molecule has 2 unspecified atom stereocenters. The van der Waals surface area contributed by atoms with Crippen LogP contribution >= 0.6 is 0 Å². The Balaban J connectivity index is 4.46. The second kappa shape index (κ2) is 8.45. The highest BCUT2D eigenvalue weighted by Crippen LogP contribution is 2.17. The molecule has 5 nitrogen and oxygen atoms in total.